The van der Waals surface area contributed by atoms with E-state index < -0.39 is 31.9 Å². The van der Waals surface area contributed by atoms with Gasteiger partial charge >= 0.3 is 0 Å². The van der Waals surface area contributed by atoms with Crippen LogP contribution in [0.3, 0.4) is 0 Å². The number of hydrogen-bond acceptors (Lipinski definition) is 4. The number of isocyanates is 1. The average molecular weight is 273 g/mol. The second kappa shape index (κ2) is 3.96. The van der Waals surface area contributed by atoms with Crippen LogP contribution in [0.4, 0.5) is 8.78 Å². The van der Waals surface area contributed by atoms with Gasteiger partial charge in [-0.3, -0.25) is 0 Å². The first-order chi connectivity index (χ1) is 8.32. The van der Waals surface area contributed by atoms with E-state index in [1.807, 2.05) is 0 Å². The third-order valence-electron chi connectivity index (χ3n) is 2.93. The van der Waals surface area contributed by atoms with E-state index in [0.717, 1.165) is 18.4 Å². The highest BCUT2D eigenvalue weighted by Gasteiger charge is 2.47. The number of aliphatic imine (C=N–C) groups is 1. The summed E-state index contributed by atoms with van der Waals surface area (Å²) in [5, 5.41) is 0. The van der Waals surface area contributed by atoms with E-state index in [9.17, 15) is 22.0 Å². The Morgan fingerprint density at radius 3 is 2.33 bits per heavy atom. The van der Waals surface area contributed by atoms with Gasteiger partial charge in [0.15, 0.2) is 21.5 Å². The van der Waals surface area contributed by atoms with Crippen molar-refractivity contribution in [1.82, 2.24) is 0 Å². The van der Waals surface area contributed by atoms with Gasteiger partial charge in [-0.25, -0.2) is 22.0 Å². The van der Waals surface area contributed by atoms with Crippen molar-refractivity contribution in [1.29, 1.82) is 0 Å². The number of nitrogens with zero attached hydrogens (tertiary/aromatic N) is 1. The summed E-state index contributed by atoms with van der Waals surface area (Å²) in [6.45, 7) is 0. The molecule has 1 aromatic carbocycles. The molecule has 1 fully saturated rings. The maximum absolute atomic E-state index is 13.8. The Labute approximate surface area is 102 Å². The number of hydrogen-bond donors (Lipinski definition) is 0. The Bertz CT molecular complexity index is 659. The lowest BCUT2D eigenvalue weighted by Gasteiger charge is -2.11. The number of carbonyl (C=O) groups excluding carboxylic acids is 1. The second-order valence-electron chi connectivity index (χ2n) is 4.25. The third kappa shape index (κ3) is 1.95. The smallest absolute Gasteiger partial charge is 0.224 e. The van der Waals surface area contributed by atoms with Gasteiger partial charge in [0.25, 0.3) is 0 Å². The largest absolute Gasteiger partial charge is 0.235 e. The van der Waals surface area contributed by atoms with Crippen molar-refractivity contribution in [2.75, 3.05) is 6.26 Å². The molecule has 4 nitrogen and oxygen atoms in total. The summed E-state index contributed by atoms with van der Waals surface area (Å²) >= 11 is 0. The van der Waals surface area contributed by atoms with E-state index in [1.54, 1.807) is 0 Å². The van der Waals surface area contributed by atoms with Crippen LogP contribution in [0.1, 0.15) is 18.4 Å². The lowest BCUT2D eigenvalue weighted by atomic mass is 10.0. The number of rotatable bonds is 3. The quantitative estimate of drug-likeness (QED) is 0.622. The fourth-order valence-corrected chi connectivity index (χ4v) is 2.56. The molecule has 0 saturated heterocycles. The van der Waals surface area contributed by atoms with Gasteiger partial charge in [0.05, 0.1) is 0 Å². The van der Waals surface area contributed by atoms with Crippen LogP contribution in [-0.2, 0) is 20.2 Å². The molecule has 1 aliphatic rings. The zero-order valence-corrected chi connectivity index (χ0v) is 10.2. The lowest BCUT2D eigenvalue weighted by molar-refractivity contribution is 0.465. The van der Waals surface area contributed by atoms with Crippen molar-refractivity contribution >= 4 is 15.9 Å². The first-order valence-corrected chi connectivity index (χ1v) is 6.98. The topological polar surface area (TPSA) is 63.6 Å². The molecular weight excluding hydrogens is 264 g/mol. The molecule has 0 N–H and O–H groups in total. The minimum atomic E-state index is -3.83. The maximum atomic E-state index is 13.8. The van der Waals surface area contributed by atoms with Crippen molar-refractivity contribution < 1.29 is 22.0 Å². The molecule has 1 aromatic rings. The van der Waals surface area contributed by atoms with Crippen LogP contribution in [0.25, 0.3) is 0 Å². The zero-order valence-electron chi connectivity index (χ0n) is 9.41. The van der Waals surface area contributed by atoms with Crippen LogP contribution in [0.5, 0.6) is 0 Å². The van der Waals surface area contributed by atoms with Gasteiger partial charge in [0.2, 0.25) is 6.08 Å². The first kappa shape index (κ1) is 12.9. The van der Waals surface area contributed by atoms with Crippen molar-refractivity contribution in [2.45, 2.75) is 23.3 Å². The molecule has 7 heteroatoms. The molecule has 0 aliphatic heterocycles. The number of halogens is 2. The molecule has 18 heavy (non-hydrogen) atoms. The Morgan fingerprint density at radius 1 is 1.28 bits per heavy atom. The maximum Gasteiger partial charge on any atom is 0.235 e. The van der Waals surface area contributed by atoms with Gasteiger partial charge in [-0.1, -0.05) is 6.07 Å². The molecule has 0 atom stereocenters. The minimum Gasteiger partial charge on any atom is -0.224 e. The molecule has 0 bridgehead atoms. The highest BCUT2D eigenvalue weighted by Crippen LogP contribution is 2.50. The summed E-state index contributed by atoms with van der Waals surface area (Å²) < 4.78 is 49.9. The normalized spacial score (nSPS) is 17.1. The summed E-state index contributed by atoms with van der Waals surface area (Å²) in [6.07, 6.45) is 2.95. The summed E-state index contributed by atoms with van der Waals surface area (Å²) in [4.78, 5) is 13.0. The minimum absolute atomic E-state index is 0.101. The van der Waals surface area contributed by atoms with E-state index in [4.69, 9.17) is 0 Å². The summed E-state index contributed by atoms with van der Waals surface area (Å²) in [6, 6.07) is 2.14. The van der Waals surface area contributed by atoms with E-state index in [1.165, 1.54) is 6.08 Å². The van der Waals surface area contributed by atoms with Crippen LogP contribution < -0.4 is 0 Å². The highest BCUT2D eigenvalue weighted by molar-refractivity contribution is 7.90. The van der Waals surface area contributed by atoms with E-state index >= 15 is 0 Å². The summed E-state index contributed by atoms with van der Waals surface area (Å²) in [5.41, 5.74) is -1.17. The van der Waals surface area contributed by atoms with Crippen LogP contribution >= 0.6 is 0 Å². The Morgan fingerprint density at radius 2 is 1.89 bits per heavy atom. The van der Waals surface area contributed by atoms with E-state index in [2.05, 4.69) is 4.99 Å². The van der Waals surface area contributed by atoms with Gasteiger partial charge in [-0.05, 0) is 18.9 Å². The summed E-state index contributed by atoms with van der Waals surface area (Å²) in [7, 11) is -3.83. The molecule has 0 amide bonds. The first-order valence-electron chi connectivity index (χ1n) is 5.09. The molecular formula is C11H9F2NO3S. The molecule has 0 heterocycles. The van der Waals surface area contributed by atoms with Crippen molar-refractivity contribution in [3.05, 3.63) is 29.3 Å². The van der Waals surface area contributed by atoms with Crippen LogP contribution in [0.2, 0.25) is 0 Å². The van der Waals surface area contributed by atoms with Gasteiger partial charge < -0.3 is 0 Å². The molecule has 0 spiro atoms. The van der Waals surface area contributed by atoms with Gasteiger partial charge in [-0.2, -0.15) is 4.99 Å². The lowest BCUT2D eigenvalue weighted by Crippen LogP contribution is -2.11. The monoisotopic (exact) mass is 273 g/mol. The van der Waals surface area contributed by atoms with Crippen LogP contribution in [-0.4, -0.2) is 20.8 Å². The molecule has 1 saturated carbocycles. The van der Waals surface area contributed by atoms with E-state index in [0.29, 0.717) is 12.8 Å². The predicted molar refractivity (Wildman–Crippen MR) is 58.5 cm³/mol. The van der Waals surface area contributed by atoms with Crippen LogP contribution in [0.15, 0.2) is 22.0 Å². The fraction of sp³-hybridized carbons (Fsp3) is 0.364. The third-order valence-corrected chi connectivity index (χ3v) is 4.05. The van der Waals surface area contributed by atoms with Crippen molar-refractivity contribution in [3.63, 3.8) is 0 Å². The van der Waals surface area contributed by atoms with E-state index in [-0.39, 0.29) is 5.56 Å². The SMILES string of the molecule is CS(=O)(=O)c1ccc(C2(N=C=O)CC2)c(F)c1F. The molecule has 0 aromatic heterocycles. The average Bonchev–Trinajstić information content (AvgIpc) is 3.01. The highest BCUT2D eigenvalue weighted by atomic mass is 32.2. The van der Waals surface area contributed by atoms with Crippen LogP contribution in [0, 0.1) is 11.6 Å². The standard InChI is InChI=1S/C11H9F2NO3S/c1-18(16,17)8-3-2-7(9(12)10(8)13)11(4-5-11)14-6-15/h2-3H,4-5H2,1H3. The Kier molecular flexibility index (Phi) is 2.83. The van der Waals surface area contributed by atoms with Crippen molar-refractivity contribution in [2.24, 2.45) is 4.99 Å². The Balaban J connectivity index is 2.62. The molecule has 96 valence electrons. The van der Waals surface area contributed by atoms with Gasteiger partial charge in [0.1, 0.15) is 10.4 Å². The molecule has 1 aliphatic carbocycles. The number of benzene rings is 1. The molecule has 0 radical (unpaired) electrons. The fourth-order valence-electron chi connectivity index (χ4n) is 1.82. The summed E-state index contributed by atoms with van der Waals surface area (Å²) in [5.74, 6) is -2.70. The van der Waals surface area contributed by atoms with Gasteiger partial charge in [-0.15, -0.1) is 0 Å². The molecule has 0 unspecified atom stereocenters. The number of sulfone groups is 1. The zero-order chi connectivity index (χ0) is 13.6. The predicted octanol–water partition coefficient (Wildman–Crippen LogP) is 1.69. The van der Waals surface area contributed by atoms with Crippen molar-refractivity contribution in [3.8, 4) is 0 Å². The Hall–Kier alpha value is -1.59. The van der Waals surface area contributed by atoms with Gasteiger partial charge in [0, 0.05) is 11.8 Å². The molecule has 2 rings (SSSR count). The second-order valence-corrected chi connectivity index (χ2v) is 6.23.